The van der Waals surface area contributed by atoms with Crippen molar-refractivity contribution < 1.29 is 0 Å². The van der Waals surface area contributed by atoms with Gasteiger partial charge in [-0.15, -0.1) is 11.3 Å². The molecule has 0 aliphatic heterocycles. The summed E-state index contributed by atoms with van der Waals surface area (Å²) in [4.78, 5) is 1.51. The lowest BCUT2D eigenvalue weighted by molar-refractivity contribution is 0.350. The highest BCUT2D eigenvalue weighted by atomic mass is 79.9. The Bertz CT molecular complexity index is 369. The molecule has 20 heavy (non-hydrogen) atoms. The Hall–Kier alpha value is 0.140. The molecule has 1 nitrogen and oxygen atoms in total. The number of nitrogens with one attached hydrogen (secondary N) is 1. The Morgan fingerprint density at radius 1 is 1.30 bits per heavy atom. The second-order valence-corrected chi connectivity index (χ2v) is 8.00. The van der Waals surface area contributed by atoms with Gasteiger partial charge in [0.2, 0.25) is 0 Å². The van der Waals surface area contributed by atoms with E-state index in [0.717, 1.165) is 12.5 Å². The SMILES string of the molecule is CCCNC(Cc1sccc1Br)CC1CCCCCC1. The van der Waals surface area contributed by atoms with E-state index in [1.807, 2.05) is 11.3 Å². The lowest BCUT2D eigenvalue weighted by Gasteiger charge is -2.23. The molecule has 1 aromatic heterocycles. The maximum Gasteiger partial charge on any atom is 0.0314 e. The van der Waals surface area contributed by atoms with Gasteiger partial charge in [0.15, 0.2) is 0 Å². The summed E-state index contributed by atoms with van der Waals surface area (Å²) >= 11 is 5.57. The van der Waals surface area contributed by atoms with Crippen LogP contribution in [0.2, 0.25) is 0 Å². The number of rotatable bonds is 7. The maximum atomic E-state index is 3.79. The molecule has 1 unspecified atom stereocenters. The monoisotopic (exact) mass is 357 g/mol. The van der Waals surface area contributed by atoms with E-state index in [-0.39, 0.29) is 0 Å². The predicted octanol–water partition coefficient (Wildman–Crippen LogP) is 5.78. The van der Waals surface area contributed by atoms with Crippen molar-refractivity contribution in [3.05, 3.63) is 20.8 Å². The molecule has 1 aliphatic rings. The Labute approximate surface area is 136 Å². The third-order valence-corrected chi connectivity index (χ3v) is 6.35. The van der Waals surface area contributed by atoms with Crippen LogP contribution in [-0.4, -0.2) is 12.6 Å². The molecule has 1 fully saturated rings. The summed E-state index contributed by atoms with van der Waals surface area (Å²) in [6.45, 7) is 3.41. The first-order chi connectivity index (χ1) is 9.79. The van der Waals surface area contributed by atoms with E-state index < -0.39 is 0 Å². The highest BCUT2D eigenvalue weighted by Crippen LogP contribution is 2.29. The second kappa shape index (κ2) is 9.22. The lowest BCUT2D eigenvalue weighted by Crippen LogP contribution is -2.33. The molecule has 0 radical (unpaired) electrons. The van der Waals surface area contributed by atoms with Crippen LogP contribution in [0, 0.1) is 5.92 Å². The number of hydrogen-bond acceptors (Lipinski definition) is 2. The van der Waals surface area contributed by atoms with Gasteiger partial charge in [-0.1, -0.05) is 45.4 Å². The first-order valence-corrected chi connectivity index (χ1v) is 9.92. The van der Waals surface area contributed by atoms with Gasteiger partial charge in [0.25, 0.3) is 0 Å². The summed E-state index contributed by atoms with van der Waals surface area (Å²) in [5, 5.41) is 5.98. The quantitative estimate of drug-likeness (QED) is 0.609. The zero-order chi connectivity index (χ0) is 14.2. The summed E-state index contributed by atoms with van der Waals surface area (Å²) in [6.07, 6.45) is 12.5. The summed E-state index contributed by atoms with van der Waals surface area (Å²) in [5.41, 5.74) is 0. The van der Waals surface area contributed by atoms with Crippen molar-refractivity contribution in [1.29, 1.82) is 0 Å². The normalized spacial score (nSPS) is 18.9. The molecule has 0 spiro atoms. The van der Waals surface area contributed by atoms with Crippen LogP contribution in [0.1, 0.15) is 63.2 Å². The largest absolute Gasteiger partial charge is 0.314 e. The molecule has 1 N–H and O–H groups in total. The summed E-state index contributed by atoms with van der Waals surface area (Å²) in [5.74, 6) is 0.950. The van der Waals surface area contributed by atoms with Crippen LogP contribution in [-0.2, 0) is 6.42 Å². The molecule has 1 saturated carbocycles. The third-order valence-electron chi connectivity index (χ3n) is 4.40. The average molecular weight is 358 g/mol. The van der Waals surface area contributed by atoms with E-state index in [1.165, 1.54) is 67.1 Å². The third kappa shape index (κ3) is 5.50. The van der Waals surface area contributed by atoms with Gasteiger partial charge in [0, 0.05) is 15.4 Å². The summed E-state index contributed by atoms with van der Waals surface area (Å²) in [7, 11) is 0. The van der Waals surface area contributed by atoms with E-state index in [4.69, 9.17) is 0 Å². The zero-order valence-electron chi connectivity index (χ0n) is 12.7. The fraction of sp³-hybridized carbons (Fsp3) is 0.765. The first-order valence-electron chi connectivity index (χ1n) is 8.24. The van der Waals surface area contributed by atoms with Gasteiger partial charge in [-0.25, -0.2) is 0 Å². The zero-order valence-corrected chi connectivity index (χ0v) is 15.1. The van der Waals surface area contributed by atoms with E-state index >= 15 is 0 Å². The van der Waals surface area contributed by atoms with Crippen LogP contribution < -0.4 is 5.32 Å². The van der Waals surface area contributed by atoms with Crippen molar-refractivity contribution in [2.75, 3.05) is 6.54 Å². The highest BCUT2D eigenvalue weighted by Gasteiger charge is 2.19. The van der Waals surface area contributed by atoms with E-state index in [2.05, 4.69) is 39.6 Å². The first kappa shape index (κ1) is 16.5. The Morgan fingerprint density at radius 3 is 2.65 bits per heavy atom. The standard InChI is InChI=1S/C17H28BrNS/c1-2-10-19-15(13-17-16(18)9-11-20-17)12-14-7-5-3-4-6-8-14/h9,11,14-15,19H,2-8,10,12-13H2,1H3. The minimum Gasteiger partial charge on any atom is -0.314 e. The van der Waals surface area contributed by atoms with Gasteiger partial charge >= 0.3 is 0 Å². The molecule has 1 aromatic rings. The van der Waals surface area contributed by atoms with Crippen LogP contribution in [0.25, 0.3) is 0 Å². The van der Waals surface area contributed by atoms with Gasteiger partial charge < -0.3 is 5.32 Å². The molecule has 1 atom stereocenters. The molecule has 0 amide bonds. The average Bonchev–Trinajstić information content (AvgIpc) is 2.69. The van der Waals surface area contributed by atoms with Crippen LogP contribution in [0.3, 0.4) is 0 Å². The smallest absolute Gasteiger partial charge is 0.0314 e. The molecule has 3 heteroatoms. The van der Waals surface area contributed by atoms with Crippen molar-refractivity contribution in [3.8, 4) is 0 Å². The Kier molecular flexibility index (Phi) is 7.61. The molecular weight excluding hydrogens is 330 g/mol. The number of halogens is 1. The predicted molar refractivity (Wildman–Crippen MR) is 93.6 cm³/mol. The number of thiophene rings is 1. The van der Waals surface area contributed by atoms with Crippen LogP contribution >= 0.6 is 27.3 Å². The molecule has 1 aliphatic carbocycles. The minimum absolute atomic E-state index is 0.660. The van der Waals surface area contributed by atoms with Crippen LogP contribution in [0.15, 0.2) is 15.9 Å². The molecular formula is C17H28BrNS. The van der Waals surface area contributed by atoms with Crippen molar-refractivity contribution in [2.45, 2.75) is 70.8 Å². The van der Waals surface area contributed by atoms with Crippen LogP contribution in [0.5, 0.6) is 0 Å². The lowest BCUT2D eigenvalue weighted by atomic mass is 9.91. The Balaban J connectivity index is 1.90. The minimum atomic E-state index is 0.660. The fourth-order valence-corrected chi connectivity index (χ4v) is 4.88. The van der Waals surface area contributed by atoms with Gasteiger partial charge in [-0.05, 0) is 59.1 Å². The molecule has 0 saturated heterocycles. The topological polar surface area (TPSA) is 12.0 Å². The number of hydrogen-bond donors (Lipinski definition) is 1. The van der Waals surface area contributed by atoms with E-state index in [0.29, 0.717) is 6.04 Å². The van der Waals surface area contributed by atoms with E-state index in [1.54, 1.807) is 0 Å². The summed E-state index contributed by atoms with van der Waals surface area (Å²) < 4.78 is 1.30. The molecule has 114 valence electrons. The second-order valence-electron chi connectivity index (χ2n) is 6.14. The van der Waals surface area contributed by atoms with E-state index in [9.17, 15) is 0 Å². The summed E-state index contributed by atoms with van der Waals surface area (Å²) in [6, 6.07) is 2.84. The Morgan fingerprint density at radius 2 is 2.05 bits per heavy atom. The van der Waals surface area contributed by atoms with Crippen LogP contribution in [0.4, 0.5) is 0 Å². The highest BCUT2D eigenvalue weighted by molar-refractivity contribution is 9.10. The molecule has 2 rings (SSSR count). The van der Waals surface area contributed by atoms with Gasteiger partial charge in [-0.2, -0.15) is 0 Å². The van der Waals surface area contributed by atoms with Crippen molar-refractivity contribution >= 4 is 27.3 Å². The molecule has 0 bridgehead atoms. The maximum absolute atomic E-state index is 3.79. The van der Waals surface area contributed by atoms with Gasteiger partial charge in [0.1, 0.15) is 0 Å². The molecule has 0 aromatic carbocycles. The van der Waals surface area contributed by atoms with Gasteiger partial charge in [0.05, 0.1) is 0 Å². The van der Waals surface area contributed by atoms with Crippen molar-refractivity contribution in [2.24, 2.45) is 5.92 Å². The van der Waals surface area contributed by atoms with Crippen molar-refractivity contribution in [1.82, 2.24) is 5.32 Å². The van der Waals surface area contributed by atoms with Crippen molar-refractivity contribution in [3.63, 3.8) is 0 Å². The van der Waals surface area contributed by atoms with Gasteiger partial charge in [-0.3, -0.25) is 0 Å². The fourth-order valence-electron chi connectivity index (χ4n) is 3.28. The molecule has 1 heterocycles.